The van der Waals surface area contributed by atoms with Crippen molar-refractivity contribution in [2.75, 3.05) is 26.2 Å². The summed E-state index contributed by atoms with van der Waals surface area (Å²) >= 11 is 3.27. The topological polar surface area (TPSA) is 49.4 Å². The summed E-state index contributed by atoms with van der Waals surface area (Å²) in [6.45, 7) is 9.33. The summed E-state index contributed by atoms with van der Waals surface area (Å²) in [7, 11) is -3.32. The quantitative estimate of drug-likeness (QED) is 0.802. The van der Waals surface area contributed by atoms with E-state index in [9.17, 15) is 8.42 Å². The second-order valence-electron chi connectivity index (χ2n) is 5.40. The van der Waals surface area contributed by atoms with Crippen LogP contribution in [0.3, 0.4) is 0 Å². The smallest absolute Gasteiger partial charge is 0.252 e. The van der Waals surface area contributed by atoms with Crippen LogP contribution in [0.2, 0.25) is 0 Å². The first-order valence-corrected chi connectivity index (χ1v) is 10.6. The predicted molar refractivity (Wildman–Crippen MR) is 91.8 cm³/mol. The monoisotopic (exact) mass is 348 g/mol. The molecule has 21 heavy (non-hydrogen) atoms. The molecule has 2 atom stereocenters. The van der Waals surface area contributed by atoms with Gasteiger partial charge in [0.05, 0.1) is 0 Å². The van der Waals surface area contributed by atoms with Crippen LogP contribution in [0.1, 0.15) is 25.6 Å². The van der Waals surface area contributed by atoms with Crippen LogP contribution in [0.5, 0.6) is 0 Å². The molecule has 1 aromatic rings. The van der Waals surface area contributed by atoms with Gasteiger partial charge in [0.1, 0.15) is 4.21 Å². The average Bonchev–Trinajstić information content (AvgIpc) is 2.87. The maximum Gasteiger partial charge on any atom is 0.252 e. The van der Waals surface area contributed by atoms with E-state index in [4.69, 9.17) is 0 Å². The van der Waals surface area contributed by atoms with Gasteiger partial charge in [-0.3, -0.25) is 0 Å². The molecular weight excluding hydrogens is 324 g/mol. The summed E-state index contributed by atoms with van der Waals surface area (Å²) in [5, 5.41) is 3.98. The zero-order valence-electron chi connectivity index (χ0n) is 12.8. The molecular formula is C14H24N2O2S3. The molecule has 2 unspecified atom stereocenters. The fraction of sp³-hybridized carbons (Fsp3) is 0.714. The van der Waals surface area contributed by atoms with E-state index < -0.39 is 10.0 Å². The number of rotatable bonds is 6. The minimum Gasteiger partial charge on any atom is -0.317 e. The Labute approximate surface area is 136 Å². The predicted octanol–water partition coefficient (Wildman–Crippen LogP) is 2.41. The normalized spacial score (nSPS) is 24.3. The summed E-state index contributed by atoms with van der Waals surface area (Å²) in [5.41, 5.74) is 0. The Morgan fingerprint density at radius 2 is 1.95 bits per heavy atom. The number of sulfonamides is 1. The SMILES string of the molecule is CCNCCc1ccc(S(=O)(=O)N2CC(C)SC(C)C2)s1. The minimum absolute atomic E-state index is 0.358. The van der Waals surface area contributed by atoms with Crippen molar-refractivity contribution in [3.05, 3.63) is 17.0 Å². The van der Waals surface area contributed by atoms with Crippen LogP contribution < -0.4 is 5.32 Å². The molecule has 2 rings (SSSR count). The van der Waals surface area contributed by atoms with E-state index >= 15 is 0 Å². The molecule has 0 amide bonds. The lowest BCUT2D eigenvalue weighted by molar-refractivity contribution is 0.406. The maximum atomic E-state index is 12.7. The van der Waals surface area contributed by atoms with Crippen LogP contribution in [0.25, 0.3) is 0 Å². The van der Waals surface area contributed by atoms with Gasteiger partial charge in [-0.15, -0.1) is 11.3 Å². The van der Waals surface area contributed by atoms with Crippen molar-refractivity contribution in [1.82, 2.24) is 9.62 Å². The van der Waals surface area contributed by atoms with Gasteiger partial charge in [-0.25, -0.2) is 8.42 Å². The molecule has 7 heteroatoms. The third kappa shape index (κ3) is 4.45. The first-order chi connectivity index (χ1) is 9.93. The van der Waals surface area contributed by atoms with Gasteiger partial charge in [-0.1, -0.05) is 20.8 Å². The molecule has 0 saturated carbocycles. The molecule has 1 aliphatic rings. The largest absolute Gasteiger partial charge is 0.317 e. The summed E-state index contributed by atoms with van der Waals surface area (Å²) < 4.78 is 27.6. The van der Waals surface area contributed by atoms with E-state index in [-0.39, 0.29) is 0 Å². The second kappa shape index (κ2) is 7.46. The Bertz CT molecular complexity index is 546. The van der Waals surface area contributed by atoms with Gasteiger partial charge < -0.3 is 5.32 Å². The Hall–Kier alpha value is -0.0800. The molecule has 0 radical (unpaired) electrons. The van der Waals surface area contributed by atoms with Crippen molar-refractivity contribution < 1.29 is 8.42 Å². The number of hydrogen-bond acceptors (Lipinski definition) is 5. The molecule has 2 heterocycles. The number of nitrogens with zero attached hydrogens (tertiary/aromatic N) is 1. The highest BCUT2D eigenvalue weighted by molar-refractivity contribution is 8.00. The molecule has 0 spiro atoms. The van der Waals surface area contributed by atoms with Crippen LogP contribution in [-0.2, 0) is 16.4 Å². The summed E-state index contributed by atoms with van der Waals surface area (Å²) in [5.74, 6) is 0. The Balaban J connectivity index is 2.08. The number of thioether (sulfide) groups is 1. The van der Waals surface area contributed by atoms with Crippen LogP contribution in [0.15, 0.2) is 16.3 Å². The van der Waals surface area contributed by atoms with Crippen molar-refractivity contribution in [2.45, 2.75) is 41.9 Å². The minimum atomic E-state index is -3.32. The maximum absolute atomic E-state index is 12.7. The van der Waals surface area contributed by atoms with E-state index in [1.54, 1.807) is 10.4 Å². The number of likely N-dealkylation sites (N-methyl/N-ethyl adjacent to an activating group) is 1. The van der Waals surface area contributed by atoms with E-state index in [0.717, 1.165) is 24.4 Å². The third-order valence-corrected chi connectivity index (χ3v) is 8.09. The van der Waals surface area contributed by atoms with Crippen molar-refractivity contribution in [1.29, 1.82) is 0 Å². The highest BCUT2D eigenvalue weighted by atomic mass is 32.2. The van der Waals surface area contributed by atoms with E-state index in [2.05, 4.69) is 26.1 Å². The van der Waals surface area contributed by atoms with Crippen molar-refractivity contribution in [3.63, 3.8) is 0 Å². The fourth-order valence-corrected chi connectivity index (χ4v) is 7.12. The van der Waals surface area contributed by atoms with Crippen LogP contribution in [0.4, 0.5) is 0 Å². The molecule has 120 valence electrons. The lowest BCUT2D eigenvalue weighted by Crippen LogP contribution is -2.43. The van der Waals surface area contributed by atoms with Crippen molar-refractivity contribution >= 4 is 33.1 Å². The van der Waals surface area contributed by atoms with Crippen LogP contribution >= 0.6 is 23.1 Å². The Kier molecular flexibility index (Phi) is 6.14. The van der Waals surface area contributed by atoms with Crippen molar-refractivity contribution in [2.24, 2.45) is 0 Å². The fourth-order valence-electron chi connectivity index (χ4n) is 2.47. The standard InChI is InChI=1S/C14H24N2O2S3/c1-4-15-8-7-13-5-6-14(20-13)21(17,18)16-9-11(2)19-12(3)10-16/h5-6,11-12,15H,4,7-10H2,1-3H3. The van der Waals surface area contributed by atoms with Gasteiger partial charge in [-0.2, -0.15) is 16.1 Å². The second-order valence-corrected chi connectivity index (χ2v) is 10.6. The molecule has 1 aliphatic heterocycles. The van der Waals surface area contributed by atoms with Gasteiger partial charge in [0.15, 0.2) is 0 Å². The lowest BCUT2D eigenvalue weighted by Gasteiger charge is -2.33. The molecule has 4 nitrogen and oxygen atoms in total. The van der Waals surface area contributed by atoms with Gasteiger partial charge >= 0.3 is 0 Å². The third-order valence-electron chi connectivity index (χ3n) is 3.42. The van der Waals surface area contributed by atoms with Crippen LogP contribution in [-0.4, -0.2) is 49.4 Å². The highest BCUT2D eigenvalue weighted by Crippen LogP contribution is 2.31. The van der Waals surface area contributed by atoms with E-state index in [1.807, 2.05) is 17.8 Å². The zero-order valence-corrected chi connectivity index (χ0v) is 15.3. The number of thiophene rings is 1. The van der Waals surface area contributed by atoms with E-state index in [1.165, 1.54) is 11.3 Å². The molecule has 1 N–H and O–H groups in total. The molecule has 0 bridgehead atoms. The van der Waals surface area contributed by atoms with Crippen LogP contribution in [0, 0.1) is 0 Å². The first-order valence-electron chi connectivity index (χ1n) is 7.38. The van der Waals surface area contributed by atoms with E-state index in [0.29, 0.717) is 27.8 Å². The summed E-state index contributed by atoms with van der Waals surface area (Å²) in [6, 6.07) is 3.71. The van der Waals surface area contributed by atoms with Gasteiger partial charge in [-0.05, 0) is 31.6 Å². The Morgan fingerprint density at radius 1 is 1.29 bits per heavy atom. The molecule has 1 saturated heterocycles. The molecule has 1 fully saturated rings. The Morgan fingerprint density at radius 3 is 2.57 bits per heavy atom. The average molecular weight is 349 g/mol. The number of nitrogens with one attached hydrogen (secondary N) is 1. The van der Waals surface area contributed by atoms with Gasteiger partial charge in [0, 0.05) is 28.5 Å². The lowest BCUT2D eigenvalue weighted by atomic mass is 10.3. The first kappa shape index (κ1) is 17.3. The molecule has 0 aliphatic carbocycles. The molecule has 0 aromatic carbocycles. The van der Waals surface area contributed by atoms with Gasteiger partial charge in [0.2, 0.25) is 0 Å². The summed E-state index contributed by atoms with van der Waals surface area (Å²) in [6.07, 6.45) is 0.886. The molecule has 1 aromatic heterocycles. The summed E-state index contributed by atoms with van der Waals surface area (Å²) in [4.78, 5) is 1.13. The number of hydrogen-bond donors (Lipinski definition) is 1. The van der Waals surface area contributed by atoms with Gasteiger partial charge in [0.25, 0.3) is 10.0 Å². The van der Waals surface area contributed by atoms with Crippen molar-refractivity contribution in [3.8, 4) is 0 Å². The zero-order chi connectivity index (χ0) is 15.5. The highest BCUT2D eigenvalue weighted by Gasteiger charge is 2.32.